The number of rotatable bonds is 5. The Morgan fingerprint density at radius 2 is 2.18 bits per heavy atom. The topological polar surface area (TPSA) is 102 Å². The van der Waals surface area contributed by atoms with E-state index < -0.39 is 0 Å². The van der Waals surface area contributed by atoms with E-state index in [4.69, 9.17) is 4.74 Å². The minimum Gasteiger partial charge on any atom is -0.481 e. The zero-order valence-corrected chi connectivity index (χ0v) is 15.9. The van der Waals surface area contributed by atoms with Crippen LogP contribution in [-0.4, -0.2) is 50.0 Å². The number of fused-ring (bicyclic) bond motifs is 2. The molecule has 0 aromatic carbocycles. The number of methoxy groups -OCH3 is 1. The van der Waals surface area contributed by atoms with Crippen LogP contribution in [0, 0.1) is 6.92 Å². The van der Waals surface area contributed by atoms with E-state index in [2.05, 4.69) is 20.4 Å². The zero-order valence-electron chi connectivity index (χ0n) is 15.9. The monoisotopic (exact) mass is 380 g/mol. The van der Waals surface area contributed by atoms with E-state index in [1.165, 1.54) is 13.3 Å². The Morgan fingerprint density at radius 1 is 1.36 bits per heavy atom. The molecule has 1 aliphatic rings. The number of carbonyl (C=O) groups is 2. The molecule has 0 bridgehead atoms. The first-order valence-electron chi connectivity index (χ1n) is 8.96. The van der Waals surface area contributed by atoms with Gasteiger partial charge in [0.2, 0.25) is 5.88 Å². The first-order valence-corrected chi connectivity index (χ1v) is 8.96. The van der Waals surface area contributed by atoms with Crippen LogP contribution < -0.4 is 10.1 Å². The highest BCUT2D eigenvalue weighted by atomic mass is 16.5. The zero-order chi connectivity index (χ0) is 19.8. The van der Waals surface area contributed by atoms with Gasteiger partial charge in [-0.1, -0.05) is 0 Å². The third-order valence-electron chi connectivity index (χ3n) is 4.74. The molecule has 2 amide bonds. The van der Waals surface area contributed by atoms with Crippen molar-refractivity contribution in [2.24, 2.45) is 0 Å². The number of nitrogens with one attached hydrogen (secondary N) is 1. The molecular formula is C19H20N6O3. The van der Waals surface area contributed by atoms with Gasteiger partial charge in [0.25, 0.3) is 11.8 Å². The van der Waals surface area contributed by atoms with E-state index in [9.17, 15) is 9.59 Å². The summed E-state index contributed by atoms with van der Waals surface area (Å²) >= 11 is 0. The van der Waals surface area contributed by atoms with Gasteiger partial charge >= 0.3 is 0 Å². The molecule has 4 heterocycles. The number of carbonyl (C=O) groups excluding carboxylic acids is 2. The fourth-order valence-corrected chi connectivity index (χ4v) is 3.26. The summed E-state index contributed by atoms with van der Waals surface area (Å²) in [5.41, 5.74) is 3.70. The van der Waals surface area contributed by atoms with Crippen LogP contribution in [0.4, 0.5) is 0 Å². The largest absolute Gasteiger partial charge is 0.481 e. The van der Waals surface area contributed by atoms with Crippen LogP contribution in [0.1, 0.15) is 44.5 Å². The summed E-state index contributed by atoms with van der Waals surface area (Å²) in [6.45, 7) is 5.09. The summed E-state index contributed by atoms with van der Waals surface area (Å²) in [7, 11) is 1.52. The van der Waals surface area contributed by atoms with Gasteiger partial charge in [0.05, 0.1) is 31.1 Å². The molecule has 1 aliphatic heterocycles. The van der Waals surface area contributed by atoms with Crippen LogP contribution in [0.5, 0.6) is 5.88 Å². The molecule has 3 aromatic heterocycles. The fraction of sp³-hybridized carbons (Fsp3) is 0.316. The summed E-state index contributed by atoms with van der Waals surface area (Å²) in [4.78, 5) is 35.5. The minimum atomic E-state index is -0.310. The van der Waals surface area contributed by atoms with E-state index >= 15 is 0 Å². The van der Waals surface area contributed by atoms with Crippen molar-refractivity contribution in [1.82, 2.24) is 29.8 Å². The number of ether oxygens (including phenoxy) is 1. The van der Waals surface area contributed by atoms with Crippen LogP contribution in [0.2, 0.25) is 0 Å². The van der Waals surface area contributed by atoms with Gasteiger partial charge < -0.3 is 15.0 Å². The van der Waals surface area contributed by atoms with Crippen LogP contribution in [0.15, 0.2) is 24.7 Å². The van der Waals surface area contributed by atoms with Crippen LogP contribution in [0.3, 0.4) is 0 Å². The Labute approximate surface area is 161 Å². The molecule has 3 aromatic rings. The number of pyridine rings is 1. The summed E-state index contributed by atoms with van der Waals surface area (Å²) < 4.78 is 6.93. The molecule has 0 saturated carbocycles. The van der Waals surface area contributed by atoms with Gasteiger partial charge in [-0.05, 0) is 25.5 Å². The van der Waals surface area contributed by atoms with Crippen molar-refractivity contribution in [3.63, 3.8) is 0 Å². The molecule has 0 radical (unpaired) electrons. The predicted octanol–water partition coefficient (Wildman–Crippen LogP) is 1.35. The maximum atomic E-state index is 12.6. The lowest BCUT2D eigenvalue weighted by Gasteiger charge is -2.10. The van der Waals surface area contributed by atoms with Gasteiger partial charge in [0.1, 0.15) is 5.56 Å². The van der Waals surface area contributed by atoms with E-state index in [1.54, 1.807) is 27.9 Å². The normalized spacial score (nSPS) is 13.1. The molecule has 9 nitrogen and oxygen atoms in total. The standard InChI is InChI=1S/C19H20N6O3/c1-4-24-10-15-13(19(24)27)5-12(18(23-15)28-3)7-21-17(26)14-8-22-25-9-11(2)6-20-16(14)25/h5-6,8-9H,4,7,10H2,1-3H3,(H,21,26). The van der Waals surface area contributed by atoms with Crippen LogP contribution in [-0.2, 0) is 13.1 Å². The van der Waals surface area contributed by atoms with E-state index in [0.717, 1.165) is 5.56 Å². The Bertz CT molecular complexity index is 1090. The molecule has 9 heteroatoms. The van der Waals surface area contributed by atoms with Crippen molar-refractivity contribution in [2.75, 3.05) is 13.7 Å². The van der Waals surface area contributed by atoms with Crippen molar-refractivity contribution >= 4 is 17.5 Å². The van der Waals surface area contributed by atoms with Gasteiger partial charge in [-0.15, -0.1) is 0 Å². The van der Waals surface area contributed by atoms with Gasteiger partial charge in [0.15, 0.2) is 5.65 Å². The average molecular weight is 380 g/mol. The lowest BCUT2D eigenvalue weighted by atomic mass is 10.1. The number of hydrogen-bond donors (Lipinski definition) is 1. The van der Waals surface area contributed by atoms with Gasteiger partial charge in [-0.3, -0.25) is 9.59 Å². The Balaban J connectivity index is 1.57. The third-order valence-corrected chi connectivity index (χ3v) is 4.74. The van der Waals surface area contributed by atoms with E-state index in [1.807, 2.05) is 13.8 Å². The number of amides is 2. The highest BCUT2D eigenvalue weighted by Crippen LogP contribution is 2.27. The van der Waals surface area contributed by atoms with Crippen molar-refractivity contribution < 1.29 is 14.3 Å². The molecule has 4 rings (SSSR count). The smallest absolute Gasteiger partial charge is 0.257 e. The van der Waals surface area contributed by atoms with Gasteiger partial charge in [0, 0.05) is 31.0 Å². The minimum absolute atomic E-state index is 0.0533. The molecule has 0 unspecified atom stereocenters. The maximum Gasteiger partial charge on any atom is 0.257 e. The summed E-state index contributed by atoms with van der Waals surface area (Å²) in [6, 6.07) is 1.75. The second kappa shape index (κ2) is 6.91. The van der Waals surface area contributed by atoms with Crippen molar-refractivity contribution in [1.29, 1.82) is 0 Å². The molecule has 1 N–H and O–H groups in total. The Morgan fingerprint density at radius 3 is 2.93 bits per heavy atom. The quantitative estimate of drug-likeness (QED) is 0.717. The molecular weight excluding hydrogens is 360 g/mol. The highest BCUT2D eigenvalue weighted by molar-refractivity contribution is 6.00. The van der Waals surface area contributed by atoms with Crippen LogP contribution >= 0.6 is 0 Å². The predicted molar refractivity (Wildman–Crippen MR) is 100 cm³/mol. The van der Waals surface area contributed by atoms with Crippen molar-refractivity contribution in [2.45, 2.75) is 26.9 Å². The first kappa shape index (κ1) is 17.9. The summed E-state index contributed by atoms with van der Waals surface area (Å²) in [5.74, 6) is 0.0382. The molecule has 0 atom stereocenters. The number of aromatic nitrogens is 4. The summed E-state index contributed by atoms with van der Waals surface area (Å²) in [5, 5.41) is 7.01. The number of hydrogen-bond acceptors (Lipinski definition) is 6. The third kappa shape index (κ3) is 2.94. The summed E-state index contributed by atoms with van der Waals surface area (Å²) in [6.07, 6.45) is 4.97. The van der Waals surface area contributed by atoms with Crippen molar-refractivity contribution in [3.05, 3.63) is 52.6 Å². The molecule has 144 valence electrons. The Hall–Kier alpha value is -3.49. The Kier molecular flexibility index (Phi) is 4.42. The number of aryl methyl sites for hydroxylation is 1. The SMILES string of the molecule is CCN1Cc2nc(OC)c(CNC(=O)c3cnn4cc(C)cnc34)cc2C1=O. The highest BCUT2D eigenvalue weighted by Gasteiger charge is 2.29. The van der Waals surface area contributed by atoms with Gasteiger partial charge in [-0.25, -0.2) is 14.5 Å². The van der Waals surface area contributed by atoms with Crippen molar-refractivity contribution in [3.8, 4) is 5.88 Å². The average Bonchev–Trinajstić information content (AvgIpc) is 3.25. The van der Waals surface area contributed by atoms with E-state index in [-0.39, 0.29) is 18.4 Å². The molecule has 0 spiro atoms. The second-order valence-corrected chi connectivity index (χ2v) is 6.61. The fourth-order valence-electron chi connectivity index (χ4n) is 3.26. The van der Waals surface area contributed by atoms with E-state index in [0.29, 0.717) is 47.0 Å². The molecule has 0 fully saturated rings. The lowest BCUT2D eigenvalue weighted by molar-refractivity contribution is 0.0786. The second-order valence-electron chi connectivity index (χ2n) is 6.61. The maximum absolute atomic E-state index is 12.6. The van der Waals surface area contributed by atoms with Crippen LogP contribution in [0.25, 0.3) is 5.65 Å². The van der Waals surface area contributed by atoms with Gasteiger partial charge in [-0.2, -0.15) is 5.10 Å². The molecule has 0 aliphatic carbocycles. The lowest BCUT2D eigenvalue weighted by Crippen LogP contribution is -2.24. The number of nitrogens with zero attached hydrogens (tertiary/aromatic N) is 5. The molecule has 0 saturated heterocycles. The molecule has 28 heavy (non-hydrogen) atoms. The first-order chi connectivity index (χ1) is 13.5.